The minimum Gasteiger partial charge on any atom is -0.349 e. The standard InChI is InChI=1S/C17H26O2/c1-7-18-16(19-8-2)13(3)14-9-11-15(12-10-14)17(4,5)6/h9-12,16H,3,7-8H2,1-2,4-6H3. The van der Waals surface area contributed by atoms with Crippen molar-refractivity contribution in [2.45, 2.75) is 46.3 Å². The van der Waals surface area contributed by atoms with Crippen LogP contribution in [0.15, 0.2) is 30.8 Å². The average Bonchev–Trinajstić information content (AvgIpc) is 2.37. The molecule has 0 N–H and O–H groups in total. The maximum atomic E-state index is 5.57. The zero-order valence-corrected chi connectivity index (χ0v) is 12.8. The second-order valence-electron chi connectivity index (χ2n) is 5.60. The Balaban J connectivity index is 2.87. The van der Waals surface area contributed by atoms with Crippen LogP contribution >= 0.6 is 0 Å². The number of benzene rings is 1. The van der Waals surface area contributed by atoms with Crippen molar-refractivity contribution in [3.8, 4) is 0 Å². The van der Waals surface area contributed by atoms with Crippen molar-refractivity contribution in [1.29, 1.82) is 0 Å². The third kappa shape index (κ3) is 4.48. The van der Waals surface area contributed by atoms with Gasteiger partial charge < -0.3 is 9.47 Å². The number of ether oxygens (including phenoxy) is 2. The SMILES string of the molecule is C=C(c1ccc(C(C)(C)C)cc1)C(OCC)OCC. The maximum absolute atomic E-state index is 5.57. The van der Waals surface area contributed by atoms with Crippen LogP contribution in [-0.2, 0) is 14.9 Å². The first-order valence-electron chi connectivity index (χ1n) is 6.93. The topological polar surface area (TPSA) is 18.5 Å². The molecule has 19 heavy (non-hydrogen) atoms. The molecule has 0 amide bonds. The lowest BCUT2D eigenvalue weighted by molar-refractivity contribution is -0.0962. The minimum absolute atomic E-state index is 0.166. The average molecular weight is 262 g/mol. The van der Waals surface area contributed by atoms with Crippen LogP contribution in [0.1, 0.15) is 45.7 Å². The van der Waals surface area contributed by atoms with Crippen LogP contribution in [0.2, 0.25) is 0 Å². The Hall–Kier alpha value is -1.12. The van der Waals surface area contributed by atoms with Crippen molar-refractivity contribution in [2.75, 3.05) is 13.2 Å². The van der Waals surface area contributed by atoms with Crippen molar-refractivity contribution < 1.29 is 9.47 Å². The molecular weight excluding hydrogens is 236 g/mol. The first kappa shape index (κ1) is 15.9. The van der Waals surface area contributed by atoms with Gasteiger partial charge in [-0.1, -0.05) is 51.6 Å². The van der Waals surface area contributed by atoms with E-state index in [0.717, 1.165) is 11.1 Å². The van der Waals surface area contributed by atoms with Crippen LogP contribution in [0, 0.1) is 0 Å². The van der Waals surface area contributed by atoms with Crippen molar-refractivity contribution in [3.05, 3.63) is 42.0 Å². The summed E-state index contributed by atoms with van der Waals surface area (Å²) < 4.78 is 11.1. The van der Waals surface area contributed by atoms with E-state index in [1.54, 1.807) is 0 Å². The van der Waals surface area contributed by atoms with Gasteiger partial charge in [0.2, 0.25) is 0 Å². The predicted octanol–water partition coefficient (Wildman–Crippen LogP) is 4.40. The molecule has 0 aliphatic heterocycles. The van der Waals surface area contributed by atoms with E-state index in [0.29, 0.717) is 13.2 Å². The monoisotopic (exact) mass is 262 g/mol. The predicted molar refractivity (Wildman–Crippen MR) is 81.2 cm³/mol. The van der Waals surface area contributed by atoms with Crippen LogP contribution in [0.5, 0.6) is 0 Å². The normalized spacial score (nSPS) is 11.9. The third-order valence-corrected chi connectivity index (χ3v) is 3.04. The molecule has 0 aliphatic carbocycles. The second-order valence-corrected chi connectivity index (χ2v) is 5.60. The largest absolute Gasteiger partial charge is 0.349 e. The van der Waals surface area contributed by atoms with Crippen LogP contribution < -0.4 is 0 Å². The molecule has 0 spiro atoms. The Bertz CT molecular complexity index is 392. The van der Waals surface area contributed by atoms with E-state index in [2.05, 4.69) is 51.6 Å². The van der Waals surface area contributed by atoms with Gasteiger partial charge in [0.05, 0.1) is 0 Å². The molecule has 2 heteroatoms. The molecule has 0 aromatic heterocycles. The lowest BCUT2D eigenvalue weighted by Gasteiger charge is -2.22. The molecule has 0 radical (unpaired) electrons. The lowest BCUT2D eigenvalue weighted by Crippen LogP contribution is -2.19. The van der Waals surface area contributed by atoms with Crippen molar-refractivity contribution >= 4 is 5.57 Å². The minimum atomic E-state index is -0.351. The molecule has 2 nitrogen and oxygen atoms in total. The summed E-state index contributed by atoms with van der Waals surface area (Å²) in [6.45, 7) is 15.9. The van der Waals surface area contributed by atoms with Gasteiger partial charge in [-0.3, -0.25) is 0 Å². The van der Waals surface area contributed by atoms with Crippen molar-refractivity contribution in [1.82, 2.24) is 0 Å². The quantitative estimate of drug-likeness (QED) is 0.708. The fourth-order valence-corrected chi connectivity index (χ4v) is 1.87. The number of rotatable bonds is 6. The third-order valence-electron chi connectivity index (χ3n) is 3.04. The molecule has 106 valence electrons. The summed E-state index contributed by atoms with van der Waals surface area (Å²) in [5.74, 6) is 0. The summed E-state index contributed by atoms with van der Waals surface area (Å²) in [7, 11) is 0. The van der Waals surface area contributed by atoms with E-state index in [1.807, 2.05) is 13.8 Å². The molecule has 1 aromatic rings. The molecule has 0 heterocycles. The number of hydrogen-bond acceptors (Lipinski definition) is 2. The number of hydrogen-bond donors (Lipinski definition) is 0. The van der Waals surface area contributed by atoms with Crippen LogP contribution in [0.25, 0.3) is 5.57 Å². The Morgan fingerprint density at radius 2 is 1.53 bits per heavy atom. The van der Waals surface area contributed by atoms with Crippen molar-refractivity contribution in [3.63, 3.8) is 0 Å². The summed E-state index contributed by atoms with van der Waals surface area (Å²) in [6, 6.07) is 8.48. The Kier molecular flexibility index (Phi) is 5.77. The van der Waals surface area contributed by atoms with E-state index < -0.39 is 0 Å². The van der Waals surface area contributed by atoms with E-state index in [-0.39, 0.29) is 11.7 Å². The first-order valence-corrected chi connectivity index (χ1v) is 6.93. The smallest absolute Gasteiger partial charge is 0.183 e. The zero-order chi connectivity index (χ0) is 14.5. The molecule has 0 saturated carbocycles. The summed E-state index contributed by atoms with van der Waals surface area (Å²) in [4.78, 5) is 0. The highest BCUT2D eigenvalue weighted by atomic mass is 16.7. The highest BCUT2D eigenvalue weighted by Gasteiger charge is 2.16. The van der Waals surface area contributed by atoms with E-state index in [9.17, 15) is 0 Å². The summed E-state index contributed by atoms with van der Waals surface area (Å²) in [6.07, 6.45) is -0.351. The molecule has 0 aliphatic rings. The van der Waals surface area contributed by atoms with Crippen LogP contribution in [0.3, 0.4) is 0 Å². The van der Waals surface area contributed by atoms with E-state index in [4.69, 9.17) is 9.47 Å². The van der Waals surface area contributed by atoms with Gasteiger partial charge in [-0.05, 0) is 30.4 Å². The van der Waals surface area contributed by atoms with Gasteiger partial charge in [-0.15, -0.1) is 0 Å². The van der Waals surface area contributed by atoms with Crippen LogP contribution in [-0.4, -0.2) is 19.5 Å². The summed E-state index contributed by atoms with van der Waals surface area (Å²) >= 11 is 0. The van der Waals surface area contributed by atoms with Gasteiger partial charge >= 0.3 is 0 Å². The Labute approximate surface area is 117 Å². The van der Waals surface area contributed by atoms with Crippen molar-refractivity contribution in [2.24, 2.45) is 0 Å². The Morgan fingerprint density at radius 3 is 1.89 bits per heavy atom. The lowest BCUT2D eigenvalue weighted by atomic mass is 9.86. The first-order chi connectivity index (χ1) is 8.90. The summed E-state index contributed by atoms with van der Waals surface area (Å²) in [5.41, 5.74) is 3.43. The van der Waals surface area contributed by atoms with E-state index in [1.165, 1.54) is 5.56 Å². The summed E-state index contributed by atoms with van der Waals surface area (Å²) in [5, 5.41) is 0. The zero-order valence-electron chi connectivity index (χ0n) is 12.8. The maximum Gasteiger partial charge on any atom is 0.183 e. The van der Waals surface area contributed by atoms with Crippen LogP contribution in [0.4, 0.5) is 0 Å². The van der Waals surface area contributed by atoms with Gasteiger partial charge in [0.15, 0.2) is 6.29 Å². The fourth-order valence-electron chi connectivity index (χ4n) is 1.87. The van der Waals surface area contributed by atoms with Gasteiger partial charge in [0.25, 0.3) is 0 Å². The van der Waals surface area contributed by atoms with Gasteiger partial charge in [-0.2, -0.15) is 0 Å². The molecule has 1 aromatic carbocycles. The highest BCUT2D eigenvalue weighted by Crippen LogP contribution is 2.25. The van der Waals surface area contributed by atoms with E-state index >= 15 is 0 Å². The molecular formula is C17H26O2. The van der Waals surface area contributed by atoms with Gasteiger partial charge in [0, 0.05) is 18.8 Å². The Morgan fingerprint density at radius 1 is 1.05 bits per heavy atom. The molecule has 0 saturated heterocycles. The van der Waals surface area contributed by atoms with Gasteiger partial charge in [0.1, 0.15) is 0 Å². The second kappa shape index (κ2) is 6.88. The fraction of sp³-hybridized carbons (Fsp3) is 0.529. The highest BCUT2D eigenvalue weighted by molar-refractivity contribution is 5.66. The molecule has 0 fully saturated rings. The molecule has 0 atom stereocenters. The van der Waals surface area contributed by atoms with Gasteiger partial charge in [-0.25, -0.2) is 0 Å². The molecule has 0 bridgehead atoms. The molecule has 0 unspecified atom stereocenters. The molecule has 1 rings (SSSR count).